The Hall–Kier alpha value is -2.43. The summed E-state index contributed by atoms with van der Waals surface area (Å²) in [6.45, 7) is 2.45. The molecule has 19 heavy (non-hydrogen) atoms. The van der Waals surface area contributed by atoms with Crippen molar-refractivity contribution in [3.8, 4) is 0 Å². The lowest BCUT2D eigenvalue weighted by Crippen LogP contribution is -2.18. The van der Waals surface area contributed by atoms with Crippen molar-refractivity contribution in [1.82, 2.24) is 5.32 Å². The highest BCUT2D eigenvalue weighted by atomic mass is 16.3. The van der Waals surface area contributed by atoms with E-state index in [0.717, 1.165) is 17.2 Å². The van der Waals surface area contributed by atoms with Crippen LogP contribution in [0.15, 0.2) is 34.7 Å². The van der Waals surface area contributed by atoms with Crippen LogP contribution in [-0.4, -0.2) is 13.0 Å². The fraction of sp³-hybridized carbons (Fsp3) is 0.214. The third kappa shape index (κ3) is 3.07. The average Bonchev–Trinajstić information content (AvgIpc) is 2.82. The number of nitrogen functional groups attached to an aromatic ring is 1. The van der Waals surface area contributed by atoms with Crippen molar-refractivity contribution >= 4 is 17.3 Å². The maximum Gasteiger partial charge on any atom is 0.251 e. The predicted molar refractivity (Wildman–Crippen MR) is 75.0 cm³/mol. The number of furan rings is 1. The van der Waals surface area contributed by atoms with Gasteiger partial charge in [0.25, 0.3) is 5.91 Å². The summed E-state index contributed by atoms with van der Waals surface area (Å²) in [5.41, 5.74) is 7.76. The molecule has 0 atom stereocenters. The summed E-state index contributed by atoms with van der Waals surface area (Å²) in [6, 6.07) is 8.99. The molecular formula is C14H17N3O2. The van der Waals surface area contributed by atoms with Gasteiger partial charge in [-0.15, -0.1) is 0 Å². The van der Waals surface area contributed by atoms with E-state index in [1.807, 2.05) is 19.1 Å². The molecule has 2 aromatic rings. The molecule has 0 aliphatic rings. The van der Waals surface area contributed by atoms with Gasteiger partial charge in [-0.25, -0.2) is 0 Å². The standard InChI is InChI=1S/C14H17N3O2/c1-9-3-5-11(19-9)8-17-13-6-4-10(7-12(13)15)14(18)16-2/h3-7,17H,8,15H2,1-2H3,(H,16,18). The molecule has 100 valence electrons. The Morgan fingerprint density at radius 3 is 2.68 bits per heavy atom. The van der Waals surface area contributed by atoms with Crippen LogP contribution < -0.4 is 16.4 Å². The second-order valence-corrected chi connectivity index (χ2v) is 4.25. The number of carbonyl (C=O) groups is 1. The molecule has 5 nitrogen and oxygen atoms in total. The number of rotatable bonds is 4. The molecule has 0 saturated heterocycles. The Morgan fingerprint density at radius 1 is 1.32 bits per heavy atom. The van der Waals surface area contributed by atoms with E-state index in [0.29, 0.717) is 17.8 Å². The van der Waals surface area contributed by atoms with Gasteiger partial charge >= 0.3 is 0 Å². The first-order chi connectivity index (χ1) is 9.10. The van der Waals surface area contributed by atoms with E-state index in [-0.39, 0.29) is 5.91 Å². The van der Waals surface area contributed by atoms with Gasteiger partial charge in [-0.3, -0.25) is 4.79 Å². The third-order valence-corrected chi connectivity index (χ3v) is 2.79. The van der Waals surface area contributed by atoms with Crippen molar-refractivity contribution in [2.45, 2.75) is 13.5 Å². The molecule has 0 aliphatic carbocycles. The van der Waals surface area contributed by atoms with Crippen LogP contribution in [0, 0.1) is 6.92 Å². The van der Waals surface area contributed by atoms with Crippen molar-refractivity contribution in [2.75, 3.05) is 18.1 Å². The minimum atomic E-state index is -0.153. The number of aryl methyl sites for hydroxylation is 1. The van der Waals surface area contributed by atoms with Gasteiger partial charge in [0.1, 0.15) is 11.5 Å². The van der Waals surface area contributed by atoms with Crippen LogP contribution >= 0.6 is 0 Å². The number of nitrogens with two attached hydrogens (primary N) is 1. The van der Waals surface area contributed by atoms with E-state index in [4.69, 9.17) is 10.2 Å². The number of benzene rings is 1. The Kier molecular flexibility index (Phi) is 3.75. The van der Waals surface area contributed by atoms with Gasteiger partial charge in [-0.05, 0) is 37.3 Å². The Balaban J connectivity index is 2.07. The maximum absolute atomic E-state index is 11.5. The van der Waals surface area contributed by atoms with E-state index in [1.54, 1.807) is 25.2 Å². The molecule has 5 heteroatoms. The summed E-state index contributed by atoms with van der Waals surface area (Å²) in [5.74, 6) is 1.56. The van der Waals surface area contributed by atoms with Gasteiger partial charge < -0.3 is 20.8 Å². The van der Waals surface area contributed by atoms with Crippen LogP contribution in [0.4, 0.5) is 11.4 Å². The lowest BCUT2D eigenvalue weighted by molar-refractivity contribution is 0.0963. The van der Waals surface area contributed by atoms with Gasteiger partial charge in [0.05, 0.1) is 17.9 Å². The lowest BCUT2D eigenvalue weighted by atomic mass is 10.1. The molecule has 0 saturated carbocycles. The molecule has 0 radical (unpaired) electrons. The first-order valence-corrected chi connectivity index (χ1v) is 6.01. The van der Waals surface area contributed by atoms with Gasteiger partial charge in [-0.2, -0.15) is 0 Å². The van der Waals surface area contributed by atoms with Gasteiger partial charge in [-0.1, -0.05) is 0 Å². The van der Waals surface area contributed by atoms with Crippen LogP contribution in [0.3, 0.4) is 0 Å². The van der Waals surface area contributed by atoms with E-state index in [2.05, 4.69) is 10.6 Å². The summed E-state index contributed by atoms with van der Waals surface area (Å²) in [7, 11) is 1.59. The Bertz CT molecular complexity index is 590. The minimum absolute atomic E-state index is 0.153. The topological polar surface area (TPSA) is 80.3 Å². The molecule has 0 aliphatic heterocycles. The largest absolute Gasteiger partial charge is 0.465 e. The lowest BCUT2D eigenvalue weighted by Gasteiger charge is -2.09. The Labute approximate surface area is 111 Å². The van der Waals surface area contributed by atoms with Crippen LogP contribution in [0.1, 0.15) is 21.9 Å². The SMILES string of the molecule is CNC(=O)c1ccc(NCc2ccc(C)o2)c(N)c1. The first kappa shape index (κ1) is 13.0. The molecule has 1 amide bonds. The second-order valence-electron chi connectivity index (χ2n) is 4.25. The highest BCUT2D eigenvalue weighted by Gasteiger charge is 2.07. The molecule has 0 fully saturated rings. The van der Waals surface area contributed by atoms with Crippen molar-refractivity contribution in [2.24, 2.45) is 0 Å². The van der Waals surface area contributed by atoms with Gasteiger partial charge in [0.2, 0.25) is 0 Å². The van der Waals surface area contributed by atoms with Crippen LogP contribution in [-0.2, 0) is 6.54 Å². The number of carbonyl (C=O) groups excluding carboxylic acids is 1. The summed E-state index contributed by atoms with van der Waals surface area (Å²) < 4.78 is 5.46. The Morgan fingerprint density at radius 2 is 2.11 bits per heavy atom. The number of hydrogen-bond acceptors (Lipinski definition) is 4. The molecule has 0 bridgehead atoms. The van der Waals surface area contributed by atoms with Crippen LogP contribution in [0.5, 0.6) is 0 Å². The van der Waals surface area contributed by atoms with Crippen molar-refractivity contribution in [3.63, 3.8) is 0 Å². The summed E-state index contributed by atoms with van der Waals surface area (Å²) >= 11 is 0. The first-order valence-electron chi connectivity index (χ1n) is 6.01. The number of anilines is 2. The minimum Gasteiger partial charge on any atom is -0.465 e. The summed E-state index contributed by atoms with van der Waals surface area (Å²) in [5, 5.41) is 5.73. The highest BCUT2D eigenvalue weighted by Crippen LogP contribution is 2.21. The van der Waals surface area contributed by atoms with E-state index in [1.165, 1.54) is 0 Å². The molecule has 1 aromatic heterocycles. The normalized spacial score (nSPS) is 10.2. The average molecular weight is 259 g/mol. The molecule has 2 rings (SSSR count). The van der Waals surface area contributed by atoms with E-state index in [9.17, 15) is 4.79 Å². The van der Waals surface area contributed by atoms with Crippen LogP contribution in [0.25, 0.3) is 0 Å². The van der Waals surface area contributed by atoms with E-state index < -0.39 is 0 Å². The van der Waals surface area contributed by atoms with E-state index >= 15 is 0 Å². The third-order valence-electron chi connectivity index (χ3n) is 2.79. The summed E-state index contributed by atoms with van der Waals surface area (Å²) in [6.07, 6.45) is 0. The molecule has 0 unspecified atom stereocenters. The maximum atomic E-state index is 11.5. The van der Waals surface area contributed by atoms with Crippen LogP contribution in [0.2, 0.25) is 0 Å². The molecule has 1 heterocycles. The smallest absolute Gasteiger partial charge is 0.251 e. The number of amides is 1. The molecule has 0 spiro atoms. The number of nitrogens with one attached hydrogen (secondary N) is 2. The fourth-order valence-corrected chi connectivity index (χ4v) is 1.77. The van der Waals surface area contributed by atoms with Gasteiger partial charge in [0.15, 0.2) is 0 Å². The fourth-order valence-electron chi connectivity index (χ4n) is 1.77. The zero-order chi connectivity index (χ0) is 13.8. The predicted octanol–water partition coefficient (Wildman–Crippen LogP) is 2.14. The molecule has 4 N–H and O–H groups in total. The molecule has 1 aromatic carbocycles. The van der Waals surface area contributed by atoms with Crippen molar-refractivity contribution < 1.29 is 9.21 Å². The highest BCUT2D eigenvalue weighted by molar-refractivity contribution is 5.95. The van der Waals surface area contributed by atoms with Crippen molar-refractivity contribution in [3.05, 3.63) is 47.4 Å². The molecular weight excluding hydrogens is 242 g/mol. The zero-order valence-electron chi connectivity index (χ0n) is 11.0. The second kappa shape index (κ2) is 5.48. The van der Waals surface area contributed by atoms with Gasteiger partial charge in [0, 0.05) is 12.6 Å². The van der Waals surface area contributed by atoms with Crippen molar-refractivity contribution in [1.29, 1.82) is 0 Å². The number of hydrogen-bond donors (Lipinski definition) is 3. The monoisotopic (exact) mass is 259 g/mol. The quantitative estimate of drug-likeness (QED) is 0.735. The zero-order valence-corrected chi connectivity index (χ0v) is 11.0. The summed E-state index contributed by atoms with van der Waals surface area (Å²) in [4.78, 5) is 11.5.